The molecule has 1 aromatic rings. The van der Waals surface area contributed by atoms with Crippen molar-refractivity contribution in [2.45, 2.75) is 43.8 Å². The lowest BCUT2D eigenvalue weighted by Crippen LogP contribution is -2.18. The molecule has 2 heterocycles. The molecule has 19 heavy (non-hydrogen) atoms. The van der Waals surface area contributed by atoms with E-state index in [1.807, 2.05) is 11.8 Å². The van der Waals surface area contributed by atoms with Crippen molar-refractivity contribution >= 4 is 29.5 Å². The number of carbonyl (C=O) groups is 1. The molecule has 5 nitrogen and oxygen atoms in total. The van der Waals surface area contributed by atoms with Gasteiger partial charge in [0.15, 0.2) is 5.16 Å². The number of hydrogen-bond acceptors (Lipinski definition) is 5. The summed E-state index contributed by atoms with van der Waals surface area (Å²) in [6, 6.07) is 0.439. The Kier molecular flexibility index (Phi) is 5.57. The molecular formula is C12H19N3O2S2. The lowest BCUT2D eigenvalue weighted by atomic mass is 10.1. The van der Waals surface area contributed by atoms with E-state index in [-0.39, 0.29) is 5.75 Å². The van der Waals surface area contributed by atoms with Gasteiger partial charge >= 0.3 is 5.97 Å². The summed E-state index contributed by atoms with van der Waals surface area (Å²) in [6.45, 7) is 2.12. The van der Waals surface area contributed by atoms with Gasteiger partial charge < -0.3 is 9.67 Å². The van der Waals surface area contributed by atoms with Crippen molar-refractivity contribution in [1.29, 1.82) is 0 Å². The molecule has 1 saturated heterocycles. The quantitative estimate of drug-likeness (QED) is 0.814. The van der Waals surface area contributed by atoms with Gasteiger partial charge in [-0.15, -0.1) is 10.2 Å². The van der Waals surface area contributed by atoms with E-state index in [1.54, 1.807) is 0 Å². The molecule has 1 aliphatic heterocycles. The number of aliphatic carboxylic acids is 1. The first-order chi connectivity index (χ1) is 9.22. The van der Waals surface area contributed by atoms with Gasteiger partial charge in [-0.3, -0.25) is 4.79 Å². The third-order valence-corrected chi connectivity index (χ3v) is 5.07. The molecule has 0 atom stereocenters. The Morgan fingerprint density at radius 2 is 2.21 bits per heavy atom. The molecule has 1 fully saturated rings. The molecule has 0 aromatic carbocycles. The van der Waals surface area contributed by atoms with Crippen molar-refractivity contribution in [3.05, 3.63) is 5.82 Å². The minimum absolute atomic E-state index is 0.0473. The van der Waals surface area contributed by atoms with E-state index < -0.39 is 5.97 Å². The lowest BCUT2D eigenvalue weighted by molar-refractivity contribution is -0.133. The standard InChI is InChI=1S/C12H19N3O2S2/c1-2-3-10-13-14-12(19-8-11(16)17)15(10)9-4-6-18-7-5-9/h9H,2-8H2,1H3,(H,16,17). The Morgan fingerprint density at radius 3 is 2.84 bits per heavy atom. The van der Waals surface area contributed by atoms with Crippen LogP contribution >= 0.6 is 23.5 Å². The molecule has 106 valence electrons. The van der Waals surface area contributed by atoms with Gasteiger partial charge in [-0.25, -0.2) is 0 Å². The van der Waals surface area contributed by atoms with E-state index in [9.17, 15) is 4.79 Å². The molecule has 0 radical (unpaired) electrons. The van der Waals surface area contributed by atoms with Gasteiger partial charge in [0.1, 0.15) is 5.82 Å². The van der Waals surface area contributed by atoms with Crippen LogP contribution in [-0.4, -0.2) is 43.1 Å². The number of thioether (sulfide) groups is 2. The van der Waals surface area contributed by atoms with Crippen molar-refractivity contribution < 1.29 is 9.90 Å². The van der Waals surface area contributed by atoms with Gasteiger partial charge in [0.2, 0.25) is 0 Å². The van der Waals surface area contributed by atoms with Gasteiger partial charge in [0, 0.05) is 12.5 Å². The van der Waals surface area contributed by atoms with Gasteiger partial charge in [0.05, 0.1) is 5.75 Å². The molecule has 0 amide bonds. The zero-order chi connectivity index (χ0) is 13.7. The number of rotatable bonds is 6. The van der Waals surface area contributed by atoms with E-state index in [1.165, 1.54) is 11.8 Å². The molecule has 1 aliphatic rings. The maximum Gasteiger partial charge on any atom is 0.313 e. The summed E-state index contributed by atoms with van der Waals surface area (Å²) in [5.41, 5.74) is 0. The molecule has 0 unspecified atom stereocenters. The summed E-state index contributed by atoms with van der Waals surface area (Å²) in [5, 5.41) is 18.0. The SMILES string of the molecule is CCCc1nnc(SCC(=O)O)n1C1CCSCC1. The normalized spacial score (nSPS) is 16.7. The first-order valence-corrected chi connectivity index (χ1v) is 8.72. The second-order valence-corrected chi connectivity index (χ2v) is 6.71. The van der Waals surface area contributed by atoms with Crippen LogP contribution in [0, 0.1) is 0 Å². The fourth-order valence-electron chi connectivity index (χ4n) is 2.24. The van der Waals surface area contributed by atoms with E-state index in [0.29, 0.717) is 6.04 Å². The summed E-state index contributed by atoms with van der Waals surface area (Å²) in [4.78, 5) is 10.7. The van der Waals surface area contributed by atoms with E-state index in [2.05, 4.69) is 21.7 Å². The van der Waals surface area contributed by atoms with Gasteiger partial charge in [-0.1, -0.05) is 18.7 Å². The van der Waals surface area contributed by atoms with Crippen LogP contribution in [0.2, 0.25) is 0 Å². The average molecular weight is 301 g/mol. The first kappa shape index (κ1) is 14.7. The highest BCUT2D eigenvalue weighted by atomic mass is 32.2. The van der Waals surface area contributed by atoms with Crippen LogP contribution in [0.5, 0.6) is 0 Å². The van der Waals surface area contributed by atoms with Crippen LogP contribution < -0.4 is 0 Å². The Balaban J connectivity index is 2.18. The van der Waals surface area contributed by atoms with Crippen LogP contribution in [0.1, 0.15) is 38.1 Å². The number of carboxylic acid groups (broad SMARTS) is 1. The topological polar surface area (TPSA) is 68.0 Å². The minimum atomic E-state index is -0.809. The summed E-state index contributed by atoms with van der Waals surface area (Å²) < 4.78 is 2.19. The van der Waals surface area contributed by atoms with E-state index in [0.717, 1.165) is 48.2 Å². The second kappa shape index (κ2) is 7.19. The van der Waals surface area contributed by atoms with Crippen LogP contribution in [-0.2, 0) is 11.2 Å². The first-order valence-electron chi connectivity index (χ1n) is 6.58. The zero-order valence-electron chi connectivity index (χ0n) is 11.0. The average Bonchev–Trinajstić information content (AvgIpc) is 2.81. The molecule has 7 heteroatoms. The molecule has 0 spiro atoms. The Morgan fingerprint density at radius 1 is 1.47 bits per heavy atom. The van der Waals surface area contributed by atoms with Crippen LogP contribution in [0.3, 0.4) is 0 Å². The summed E-state index contributed by atoms with van der Waals surface area (Å²) in [5.74, 6) is 2.57. The smallest absolute Gasteiger partial charge is 0.313 e. The molecule has 0 saturated carbocycles. The van der Waals surface area contributed by atoms with Gasteiger partial charge in [-0.2, -0.15) is 11.8 Å². The van der Waals surface area contributed by atoms with Crippen LogP contribution in [0.15, 0.2) is 5.16 Å². The maximum absolute atomic E-state index is 10.7. The number of hydrogen-bond donors (Lipinski definition) is 1. The maximum atomic E-state index is 10.7. The van der Waals surface area contributed by atoms with Gasteiger partial charge in [-0.05, 0) is 30.8 Å². The highest BCUT2D eigenvalue weighted by molar-refractivity contribution is 7.99. The third-order valence-electron chi connectivity index (χ3n) is 3.09. The fraction of sp³-hybridized carbons (Fsp3) is 0.750. The molecule has 2 rings (SSSR count). The predicted molar refractivity (Wildman–Crippen MR) is 78.0 cm³/mol. The largest absolute Gasteiger partial charge is 0.481 e. The van der Waals surface area contributed by atoms with Gasteiger partial charge in [0.25, 0.3) is 0 Å². The second-order valence-electron chi connectivity index (χ2n) is 4.54. The summed E-state index contributed by atoms with van der Waals surface area (Å²) >= 11 is 3.26. The van der Waals surface area contributed by atoms with Crippen molar-refractivity contribution in [2.75, 3.05) is 17.3 Å². The Hall–Kier alpha value is -0.690. The molecule has 0 bridgehead atoms. The predicted octanol–water partition coefficient (Wildman–Crippen LogP) is 2.48. The molecular weight excluding hydrogens is 282 g/mol. The third kappa shape index (κ3) is 3.89. The van der Waals surface area contributed by atoms with Crippen LogP contribution in [0.4, 0.5) is 0 Å². The highest BCUT2D eigenvalue weighted by Crippen LogP contribution is 2.31. The van der Waals surface area contributed by atoms with E-state index >= 15 is 0 Å². The highest BCUT2D eigenvalue weighted by Gasteiger charge is 2.23. The van der Waals surface area contributed by atoms with E-state index in [4.69, 9.17) is 5.11 Å². The Labute approximate surface area is 121 Å². The lowest BCUT2D eigenvalue weighted by Gasteiger charge is -2.25. The monoisotopic (exact) mass is 301 g/mol. The zero-order valence-corrected chi connectivity index (χ0v) is 12.7. The number of carboxylic acids is 1. The minimum Gasteiger partial charge on any atom is -0.481 e. The van der Waals surface area contributed by atoms with Crippen molar-refractivity contribution in [2.24, 2.45) is 0 Å². The number of nitrogens with zero attached hydrogens (tertiary/aromatic N) is 3. The number of aromatic nitrogens is 3. The Bertz CT molecular complexity index is 431. The summed E-state index contributed by atoms with van der Waals surface area (Å²) in [6.07, 6.45) is 4.19. The molecule has 1 aromatic heterocycles. The molecule has 0 aliphatic carbocycles. The molecule has 1 N–H and O–H groups in total. The summed E-state index contributed by atoms with van der Waals surface area (Å²) in [7, 11) is 0. The fourth-order valence-corrected chi connectivity index (χ4v) is 4.06. The van der Waals surface area contributed by atoms with Crippen molar-refractivity contribution in [1.82, 2.24) is 14.8 Å². The number of aryl methyl sites for hydroxylation is 1. The van der Waals surface area contributed by atoms with Crippen LogP contribution in [0.25, 0.3) is 0 Å². The van der Waals surface area contributed by atoms with Crippen molar-refractivity contribution in [3.8, 4) is 0 Å². The van der Waals surface area contributed by atoms with Crippen molar-refractivity contribution in [3.63, 3.8) is 0 Å².